The Morgan fingerprint density at radius 1 is 0.621 bits per heavy atom. The number of hydrogen-bond donors (Lipinski definition) is 6. The summed E-state index contributed by atoms with van der Waals surface area (Å²) in [5.74, 6) is -2.51. The molecule has 8 bridgehead atoms. The van der Waals surface area contributed by atoms with Crippen LogP contribution in [0, 0.1) is 0 Å². The third-order valence-corrected chi connectivity index (χ3v) is 10.8. The molecule has 0 radical (unpaired) electrons. The summed E-state index contributed by atoms with van der Waals surface area (Å²) in [6.07, 6.45) is 2.43. The summed E-state index contributed by atoms with van der Waals surface area (Å²) >= 11 is 13.2. The predicted molar refractivity (Wildman–Crippen MR) is 221 cm³/mol. The van der Waals surface area contributed by atoms with Gasteiger partial charge in [-0.1, -0.05) is 22.4 Å². The molecule has 2 amide bonds. The van der Waals surface area contributed by atoms with Gasteiger partial charge in [0.15, 0.2) is 11.5 Å². The van der Waals surface area contributed by atoms with Gasteiger partial charge in [-0.15, -0.1) is 0 Å². The lowest BCUT2D eigenvalue weighted by atomic mass is 10.1. The van der Waals surface area contributed by atoms with E-state index in [4.69, 9.17) is 17.8 Å². The highest BCUT2D eigenvalue weighted by Crippen LogP contribution is 2.43. The zero-order chi connectivity index (χ0) is 42.4. The summed E-state index contributed by atoms with van der Waals surface area (Å²) in [6, 6.07) is 14.7. The zero-order valence-corrected chi connectivity index (χ0v) is 36.8. The van der Waals surface area contributed by atoms with Crippen molar-refractivity contribution >= 4 is 114 Å². The second-order valence-corrected chi connectivity index (χ2v) is 17.2. The molecule has 18 nitrogen and oxygen atoms in total. The van der Waals surface area contributed by atoms with Crippen molar-refractivity contribution in [3.8, 4) is 34.5 Å². The van der Waals surface area contributed by atoms with Crippen LogP contribution in [0.25, 0.3) is 6.08 Å². The van der Waals surface area contributed by atoms with Crippen LogP contribution in [0.1, 0.15) is 22.3 Å². The normalized spacial score (nSPS) is 15.8. The molecule has 0 atom stereocenters. The maximum Gasteiger partial charge on any atom is 0.446 e. The molecule has 24 heteroatoms. The topological polar surface area (TPSA) is 269 Å². The van der Waals surface area contributed by atoms with Gasteiger partial charge in [0.05, 0.1) is 17.9 Å². The van der Waals surface area contributed by atoms with Gasteiger partial charge < -0.3 is 38.9 Å². The average Bonchev–Trinajstić information content (AvgIpc) is 3.13. The molecule has 4 aliphatic rings. The molecule has 4 aromatic rings. The molecule has 0 aliphatic carbocycles. The van der Waals surface area contributed by atoms with Crippen molar-refractivity contribution in [3.05, 3.63) is 107 Å². The van der Waals surface area contributed by atoms with Crippen molar-refractivity contribution in [3.63, 3.8) is 0 Å². The van der Waals surface area contributed by atoms with E-state index in [2.05, 4.69) is 84.7 Å². The first-order chi connectivity index (χ1) is 27.3. The van der Waals surface area contributed by atoms with Gasteiger partial charge in [0.2, 0.25) is 11.5 Å². The first kappa shape index (κ1) is 44.5. The van der Waals surface area contributed by atoms with Gasteiger partial charge >= 0.3 is 20.8 Å². The van der Waals surface area contributed by atoms with E-state index in [1.807, 2.05) is 0 Å². The Hall–Kier alpha value is -4.56. The lowest BCUT2D eigenvalue weighted by molar-refractivity contribution is -0.115. The Kier molecular flexibility index (Phi) is 14.6. The van der Waals surface area contributed by atoms with Crippen molar-refractivity contribution < 1.29 is 63.8 Å². The maximum absolute atomic E-state index is 13.1. The third-order valence-electron chi connectivity index (χ3n) is 7.61. The number of benzene rings is 4. The molecule has 4 aromatic carbocycles. The molecule has 0 spiro atoms. The maximum atomic E-state index is 13.1. The molecular formula is C34H26Br4N4O14S2. The lowest BCUT2D eigenvalue weighted by Gasteiger charge is -2.16. The van der Waals surface area contributed by atoms with Crippen molar-refractivity contribution in [2.45, 2.75) is 19.3 Å². The smallest absolute Gasteiger partial charge is 0.446 e. The van der Waals surface area contributed by atoms with Gasteiger partial charge in [-0.25, -0.2) is 0 Å². The summed E-state index contributed by atoms with van der Waals surface area (Å²) in [4.78, 5) is 26.1. The fourth-order valence-electron chi connectivity index (χ4n) is 5.12. The SMILES string of the molecule is O=C1NC=Cc2ccc(c(Br)c2)Oc2cc(cc(Br)c2OS(=O)(=O)O)CCNC(=O)C(=NO)Cc2ccc(c(Br)c2)Oc2cc(cc(Br)c2OS(=O)(=O)O)CC1=NO. The molecular weight excluding hydrogens is 1070 g/mol. The molecule has 4 aliphatic heterocycles. The number of amides is 2. The monoisotopic (exact) mass is 1090 g/mol. The molecule has 0 saturated heterocycles. The molecule has 306 valence electrons. The van der Waals surface area contributed by atoms with Crippen LogP contribution in [0.5, 0.6) is 34.5 Å². The van der Waals surface area contributed by atoms with Crippen LogP contribution in [0.2, 0.25) is 0 Å². The second kappa shape index (κ2) is 19.0. The van der Waals surface area contributed by atoms with Crippen LogP contribution in [0.4, 0.5) is 0 Å². The van der Waals surface area contributed by atoms with Crippen LogP contribution in [0.3, 0.4) is 0 Å². The molecule has 0 aromatic heterocycles. The van der Waals surface area contributed by atoms with E-state index in [9.17, 15) is 45.9 Å². The van der Waals surface area contributed by atoms with E-state index in [1.165, 1.54) is 60.8 Å². The Morgan fingerprint density at radius 2 is 1.12 bits per heavy atom. The first-order valence-electron chi connectivity index (χ1n) is 15.9. The largest absolute Gasteiger partial charge is 0.452 e. The number of carbonyl (C=O) groups excluding carboxylic acids is 2. The van der Waals surface area contributed by atoms with Crippen molar-refractivity contribution in [2.75, 3.05) is 6.54 Å². The minimum atomic E-state index is -5.06. The van der Waals surface area contributed by atoms with E-state index >= 15 is 0 Å². The van der Waals surface area contributed by atoms with Gasteiger partial charge in [-0.05, 0) is 147 Å². The molecule has 58 heavy (non-hydrogen) atoms. The Balaban J connectivity index is 1.54. The Morgan fingerprint density at radius 3 is 1.67 bits per heavy atom. The number of rotatable bonds is 4. The number of nitrogens with one attached hydrogen (secondary N) is 2. The molecule has 4 heterocycles. The van der Waals surface area contributed by atoms with Gasteiger partial charge in [0.25, 0.3) is 11.8 Å². The summed E-state index contributed by atoms with van der Waals surface area (Å²) in [5, 5.41) is 30.9. The second-order valence-electron chi connectivity index (χ2n) is 11.8. The Bertz CT molecular complexity index is 2610. The van der Waals surface area contributed by atoms with Gasteiger partial charge in [0.1, 0.15) is 22.9 Å². The van der Waals surface area contributed by atoms with Crippen LogP contribution in [-0.2, 0) is 49.6 Å². The number of ether oxygens (including phenoxy) is 2. The number of halogens is 4. The fourth-order valence-corrected chi connectivity index (χ4v) is 8.22. The van der Waals surface area contributed by atoms with Crippen LogP contribution < -0.4 is 28.5 Å². The average molecular weight is 1100 g/mol. The van der Waals surface area contributed by atoms with E-state index in [0.717, 1.165) is 0 Å². The number of hydrogen-bond acceptors (Lipinski definition) is 14. The molecule has 6 N–H and O–H groups in total. The molecule has 8 rings (SSSR count). The van der Waals surface area contributed by atoms with Gasteiger partial charge in [0, 0.05) is 25.6 Å². The number of oxime groups is 2. The highest BCUT2D eigenvalue weighted by atomic mass is 79.9. The summed E-state index contributed by atoms with van der Waals surface area (Å²) in [5.41, 5.74) is 1.11. The Labute approximate surface area is 363 Å². The summed E-state index contributed by atoms with van der Waals surface area (Å²) < 4.78 is 88.0. The summed E-state index contributed by atoms with van der Waals surface area (Å²) in [6.45, 7) is 0.00815. The standard InChI is InChI=1S/C34H26Br4N4O14S2/c35-21-9-17-1-3-27(21)53-29-15-19(11-23(37)31(29)55-57(47,48)49)6-8-40-33(43)25(41-45)13-18-2-4-28(22(36)10-18)54-30-16-20(12-24(38)32(30)56-58(50,51)52)14-26(42-46)34(44)39-7-5-17/h1-5,7,9-12,15-16,45-46H,6,8,13-14H2,(H,39,44)(H,40,43)(H,47,48,49)(H,50,51,52). The fraction of sp³-hybridized carbons (Fsp3) is 0.118. The molecule has 0 unspecified atom stereocenters. The third kappa shape index (κ3) is 12.2. The van der Waals surface area contributed by atoms with E-state index in [-0.39, 0.29) is 85.0 Å². The van der Waals surface area contributed by atoms with E-state index < -0.39 is 38.4 Å². The predicted octanol–water partition coefficient (Wildman–Crippen LogP) is 6.89. The van der Waals surface area contributed by atoms with Gasteiger partial charge in [-0.3, -0.25) is 18.7 Å². The van der Waals surface area contributed by atoms with Crippen LogP contribution >= 0.6 is 63.7 Å². The number of nitrogens with zero attached hydrogens (tertiary/aromatic N) is 2. The highest BCUT2D eigenvalue weighted by Gasteiger charge is 2.24. The van der Waals surface area contributed by atoms with Crippen LogP contribution in [0.15, 0.2) is 95.1 Å². The first-order valence-corrected chi connectivity index (χ1v) is 21.8. The van der Waals surface area contributed by atoms with Crippen molar-refractivity contribution in [2.24, 2.45) is 10.3 Å². The number of carbonyl (C=O) groups is 2. The highest BCUT2D eigenvalue weighted by molar-refractivity contribution is 9.11. The molecule has 0 saturated carbocycles. The lowest BCUT2D eigenvalue weighted by Crippen LogP contribution is -2.33. The van der Waals surface area contributed by atoms with E-state index in [1.54, 1.807) is 12.1 Å². The minimum absolute atomic E-state index is 0.00815. The quantitative estimate of drug-likeness (QED) is 0.0691. The summed E-state index contributed by atoms with van der Waals surface area (Å²) in [7, 11) is -10.1. The minimum Gasteiger partial charge on any atom is -0.452 e. The van der Waals surface area contributed by atoms with Gasteiger partial charge in [-0.2, -0.15) is 16.8 Å². The zero-order valence-electron chi connectivity index (χ0n) is 28.9. The van der Waals surface area contributed by atoms with Crippen molar-refractivity contribution in [1.82, 2.24) is 10.6 Å². The van der Waals surface area contributed by atoms with Crippen LogP contribution in [-0.4, -0.2) is 66.1 Å². The van der Waals surface area contributed by atoms with Crippen molar-refractivity contribution in [1.29, 1.82) is 0 Å². The molecule has 0 fully saturated rings. The van der Waals surface area contributed by atoms with E-state index in [0.29, 0.717) is 21.2 Å².